The first-order valence-electron chi connectivity index (χ1n) is 6.38. The third-order valence-corrected chi connectivity index (χ3v) is 5.18. The quantitative estimate of drug-likeness (QED) is 0.425. The highest BCUT2D eigenvalue weighted by atomic mass is 16.5. The SMILES string of the molecule is C=CCC12CC(C)(C)C3C(C(=O)/C1=C\OC)C32. The van der Waals surface area contributed by atoms with Crippen molar-refractivity contribution >= 4 is 5.78 Å². The van der Waals surface area contributed by atoms with Crippen LogP contribution in [0.25, 0.3) is 0 Å². The van der Waals surface area contributed by atoms with E-state index in [4.69, 9.17) is 4.74 Å². The predicted molar refractivity (Wildman–Crippen MR) is 66.2 cm³/mol. The molecule has 0 radical (unpaired) electrons. The molecule has 2 nitrogen and oxygen atoms in total. The van der Waals surface area contributed by atoms with Crippen molar-refractivity contribution in [2.75, 3.05) is 7.11 Å². The van der Waals surface area contributed by atoms with Gasteiger partial charge in [-0.3, -0.25) is 4.79 Å². The number of ether oxygens (including phenoxy) is 1. The minimum Gasteiger partial charge on any atom is -0.504 e. The van der Waals surface area contributed by atoms with Crippen molar-refractivity contribution in [1.29, 1.82) is 0 Å². The lowest BCUT2D eigenvalue weighted by atomic mass is 9.73. The molecule has 0 saturated heterocycles. The van der Waals surface area contributed by atoms with Crippen LogP contribution in [0.1, 0.15) is 26.7 Å². The fraction of sp³-hybridized carbons (Fsp3) is 0.667. The van der Waals surface area contributed by atoms with Gasteiger partial charge in [0.15, 0.2) is 5.78 Å². The zero-order valence-electron chi connectivity index (χ0n) is 10.8. The summed E-state index contributed by atoms with van der Waals surface area (Å²) >= 11 is 0. The average Bonchev–Trinajstić information content (AvgIpc) is 2.91. The number of fused-ring (bicyclic) bond motifs is 1. The van der Waals surface area contributed by atoms with Crippen LogP contribution in [0.3, 0.4) is 0 Å². The molecule has 0 N–H and O–H groups in total. The number of allylic oxidation sites excluding steroid dienone is 2. The average molecular weight is 232 g/mol. The van der Waals surface area contributed by atoms with E-state index in [1.165, 1.54) is 0 Å². The Kier molecular flexibility index (Phi) is 1.98. The summed E-state index contributed by atoms with van der Waals surface area (Å²) in [5.74, 6) is 1.78. The summed E-state index contributed by atoms with van der Waals surface area (Å²) in [6.07, 6.45) is 5.67. The summed E-state index contributed by atoms with van der Waals surface area (Å²) in [5.41, 5.74) is 1.25. The van der Waals surface area contributed by atoms with E-state index in [0.29, 0.717) is 17.6 Å². The smallest absolute Gasteiger partial charge is 0.166 e. The van der Waals surface area contributed by atoms with Crippen LogP contribution in [0.5, 0.6) is 0 Å². The Morgan fingerprint density at radius 3 is 2.76 bits per heavy atom. The van der Waals surface area contributed by atoms with Crippen LogP contribution in [-0.4, -0.2) is 12.9 Å². The maximum absolute atomic E-state index is 12.4. The van der Waals surface area contributed by atoms with E-state index in [1.54, 1.807) is 13.4 Å². The number of carbonyl (C=O) groups excluding carboxylic acids is 1. The number of ketones is 1. The van der Waals surface area contributed by atoms with E-state index in [2.05, 4.69) is 20.4 Å². The third-order valence-electron chi connectivity index (χ3n) is 5.18. The molecule has 3 aliphatic carbocycles. The van der Waals surface area contributed by atoms with Gasteiger partial charge in [0.1, 0.15) is 0 Å². The minimum atomic E-state index is 0.0354. The van der Waals surface area contributed by atoms with Crippen molar-refractivity contribution in [3.63, 3.8) is 0 Å². The molecule has 17 heavy (non-hydrogen) atoms. The van der Waals surface area contributed by atoms with Crippen LogP contribution in [0.2, 0.25) is 0 Å². The van der Waals surface area contributed by atoms with E-state index in [9.17, 15) is 4.79 Å². The number of Topliss-reactive ketones (excluding diaryl/α,β-unsaturated/α-hetero) is 1. The molecular weight excluding hydrogens is 212 g/mol. The number of carbonyl (C=O) groups is 1. The Morgan fingerprint density at radius 1 is 1.47 bits per heavy atom. The van der Waals surface area contributed by atoms with Crippen LogP contribution >= 0.6 is 0 Å². The number of rotatable bonds is 3. The molecule has 0 heterocycles. The van der Waals surface area contributed by atoms with Crippen LogP contribution in [0.4, 0.5) is 0 Å². The van der Waals surface area contributed by atoms with Gasteiger partial charge in [-0.2, -0.15) is 0 Å². The van der Waals surface area contributed by atoms with E-state index in [0.717, 1.165) is 18.4 Å². The highest BCUT2D eigenvalue weighted by Crippen LogP contribution is 2.81. The van der Waals surface area contributed by atoms with E-state index in [1.807, 2.05) is 6.08 Å². The normalized spacial score (nSPS) is 47.1. The van der Waals surface area contributed by atoms with Crippen LogP contribution in [-0.2, 0) is 9.53 Å². The Morgan fingerprint density at radius 2 is 2.18 bits per heavy atom. The van der Waals surface area contributed by atoms with E-state index >= 15 is 0 Å². The van der Waals surface area contributed by atoms with Crippen LogP contribution < -0.4 is 0 Å². The monoisotopic (exact) mass is 232 g/mol. The molecule has 4 unspecified atom stereocenters. The van der Waals surface area contributed by atoms with Gasteiger partial charge in [0.2, 0.25) is 0 Å². The van der Waals surface area contributed by atoms with Crippen molar-refractivity contribution in [3.8, 4) is 0 Å². The van der Waals surface area contributed by atoms with Gasteiger partial charge in [-0.15, -0.1) is 6.58 Å². The van der Waals surface area contributed by atoms with Gasteiger partial charge in [0, 0.05) is 16.9 Å². The number of hydrogen-bond acceptors (Lipinski definition) is 2. The highest BCUT2D eigenvalue weighted by molar-refractivity contribution is 6.05. The van der Waals surface area contributed by atoms with Gasteiger partial charge in [0.05, 0.1) is 13.4 Å². The van der Waals surface area contributed by atoms with E-state index < -0.39 is 0 Å². The van der Waals surface area contributed by atoms with Crippen molar-refractivity contribution < 1.29 is 9.53 Å². The summed E-state index contributed by atoms with van der Waals surface area (Å²) in [6, 6.07) is 0. The highest BCUT2D eigenvalue weighted by Gasteiger charge is 2.80. The third kappa shape index (κ3) is 1.09. The molecule has 0 spiro atoms. The van der Waals surface area contributed by atoms with Gasteiger partial charge in [-0.25, -0.2) is 0 Å². The Balaban J connectivity index is 2.09. The van der Waals surface area contributed by atoms with Gasteiger partial charge in [-0.1, -0.05) is 19.9 Å². The summed E-state index contributed by atoms with van der Waals surface area (Å²) in [5, 5.41) is 0. The first kappa shape index (κ1) is 11.1. The Bertz CT molecular complexity index is 432. The fourth-order valence-corrected chi connectivity index (χ4v) is 4.91. The molecule has 4 atom stereocenters. The second-order valence-corrected chi connectivity index (χ2v) is 6.52. The largest absolute Gasteiger partial charge is 0.504 e. The molecule has 3 rings (SSSR count). The summed E-state index contributed by atoms with van der Waals surface area (Å²) in [6.45, 7) is 8.48. The van der Waals surface area contributed by atoms with Gasteiger partial charge in [0.25, 0.3) is 0 Å². The maximum atomic E-state index is 12.4. The van der Waals surface area contributed by atoms with Crippen molar-refractivity contribution in [3.05, 3.63) is 24.5 Å². The van der Waals surface area contributed by atoms with Crippen LogP contribution in [0.15, 0.2) is 24.5 Å². The summed E-state index contributed by atoms with van der Waals surface area (Å²) in [4.78, 5) is 12.4. The van der Waals surface area contributed by atoms with Gasteiger partial charge in [-0.05, 0) is 30.1 Å². The van der Waals surface area contributed by atoms with Gasteiger partial charge >= 0.3 is 0 Å². The zero-order valence-corrected chi connectivity index (χ0v) is 10.8. The first-order chi connectivity index (χ1) is 7.99. The molecule has 0 amide bonds. The standard InChI is InChI=1S/C15H20O2/c1-5-6-15-8-14(2,3)11-10(12(11)15)13(16)9(15)7-17-4/h5,7,10-12H,1,6,8H2,2-4H3/b9-7+. The maximum Gasteiger partial charge on any atom is 0.166 e. The lowest BCUT2D eigenvalue weighted by Crippen LogP contribution is -2.23. The fourth-order valence-electron chi connectivity index (χ4n) is 4.91. The minimum absolute atomic E-state index is 0.0354. The second-order valence-electron chi connectivity index (χ2n) is 6.52. The summed E-state index contributed by atoms with van der Waals surface area (Å²) in [7, 11) is 1.63. The predicted octanol–water partition coefficient (Wildman–Crippen LogP) is 2.95. The lowest BCUT2D eigenvalue weighted by molar-refractivity contribution is -0.116. The molecule has 0 bridgehead atoms. The molecule has 0 aromatic rings. The zero-order chi connectivity index (χ0) is 12.4. The van der Waals surface area contributed by atoms with Gasteiger partial charge < -0.3 is 4.74 Å². The molecule has 0 aromatic carbocycles. The first-order valence-corrected chi connectivity index (χ1v) is 6.38. The Labute approximate surface area is 103 Å². The van der Waals surface area contributed by atoms with E-state index in [-0.39, 0.29) is 16.7 Å². The molecular formula is C15H20O2. The molecule has 92 valence electrons. The molecule has 3 fully saturated rings. The molecule has 0 aliphatic heterocycles. The van der Waals surface area contributed by atoms with Crippen molar-refractivity contribution in [2.45, 2.75) is 26.7 Å². The van der Waals surface area contributed by atoms with Crippen LogP contribution in [0, 0.1) is 28.6 Å². The summed E-state index contributed by atoms with van der Waals surface area (Å²) < 4.78 is 5.14. The number of methoxy groups -OCH3 is 1. The Hall–Kier alpha value is -1.05. The molecule has 3 aliphatic rings. The molecule has 0 aromatic heterocycles. The molecule has 3 saturated carbocycles. The van der Waals surface area contributed by atoms with Crippen molar-refractivity contribution in [1.82, 2.24) is 0 Å². The van der Waals surface area contributed by atoms with Crippen molar-refractivity contribution in [2.24, 2.45) is 28.6 Å². The number of hydrogen-bond donors (Lipinski definition) is 0. The molecule has 2 heteroatoms. The lowest BCUT2D eigenvalue weighted by Gasteiger charge is -2.30. The topological polar surface area (TPSA) is 26.3 Å². The second kappa shape index (κ2) is 3.04.